The summed E-state index contributed by atoms with van der Waals surface area (Å²) in [6, 6.07) is 18.1. The molecule has 4 rings (SSSR count). The zero-order chi connectivity index (χ0) is 14.9. The largest absolute Gasteiger partial charge is 0.391 e. The first-order valence-electron chi connectivity index (χ1n) is 6.92. The number of halogens is 1. The molecule has 0 unspecified atom stereocenters. The minimum Gasteiger partial charge on any atom is -0.391 e. The number of rotatable bonds is 3. The predicted octanol–water partition coefficient (Wildman–Crippen LogP) is 3.82. The summed E-state index contributed by atoms with van der Waals surface area (Å²) in [5.41, 5.74) is 2.96. The molecule has 0 amide bonds. The lowest BCUT2D eigenvalue weighted by atomic mass is 10.1. The van der Waals surface area contributed by atoms with Gasteiger partial charge in [-0.3, -0.25) is 4.98 Å². The van der Waals surface area contributed by atoms with Crippen LogP contribution in [0.4, 0.5) is 0 Å². The Morgan fingerprint density at radius 1 is 1.00 bits per heavy atom. The molecule has 0 N–H and O–H groups in total. The van der Waals surface area contributed by atoms with Gasteiger partial charge in [0.25, 0.3) is 0 Å². The standard InChI is InChI=1S/C17H12IN3O/c18-17-16-13-8-4-5-9-14(13)19-10-15(16)21(20-17)22-11-12-6-2-1-3-7-12/h1-10H,11H2. The lowest BCUT2D eigenvalue weighted by Crippen LogP contribution is -2.12. The average molecular weight is 401 g/mol. The highest BCUT2D eigenvalue weighted by Crippen LogP contribution is 2.27. The summed E-state index contributed by atoms with van der Waals surface area (Å²) >= 11 is 2.24. The molecule has 0 aliphatic carbocycles. The molecule has 22 heavy (non-hydrogen) atoms. The van der Waals surface area contributed by atoms with Crippen LogP contribution in [-0.2, 0) is 6.61 Å². The van der Waals surface area contributed by atoms with E-state index in [0.717, 1.165) is 31.1 Å². The van der Waals surface area contributed by atoms with Crippen LogP contribution in [0.25, 0.3) is 21.8 Å². The lowest BCUT2D eigenvalue weighted by Gasteiger charge is -2.06. The van der Waals surface area contributed by atoms with Crippen molar-refractivity contribution < 1.29 is 4.84 Å². The summed E-state index contributed by atoms with van der Waals surface area (Å²) in [5.74, 6) is 0. The summed E-state index contributed by atoms with van der Waals surface area (Å²) in [6.45, 7) is 0.473. The monoisotopic (exact) mass is 401 g/mol. The van der Waals surface area contributed by atoms with Gasteiger partial charge in [0.2, 0.25) is 0 Å². The zero-order valence-electron chi connectivity index (χ0n) is 11.6. The normalized spacial score (nSPS) is 11.1. The zero-order valence-corrected chi connectivity index (χ0v) is 13.8. The van der Waals surface area contributed by atoms with Crippen molar-refractivity contribution in [3.63, 3.8) is 0 Å². The highest BCUT2D eigenvalue weighted by Gasteiger charge is 2.13. The van der Waals surface area contributed by atoms with Gasteiger partial charge in [0.05, 0.1) is 11.7 Å². The van der Waals surface area contributed by atoms with Crippen molar-refractivity contribution in [2.45, 2.75) is 6.61 Å². The van der Waals surface area contributed by atoms with E-state index < -0.39 is 0 Å². The van der Waals surface area contributed by atoms with Gasteiger partial charge in [0, 0.05) is 10.8 Å². The molecule has 0 spiro atoms. The van der Waals surface area contributed by atoms with Gasteiger partial charge >= 0.3 is 0 Å². The minimum absolute atomic E-state index is 0.473. The van der Waals surface area contributed by atoms with Crippen LogP contribution in [0.2, 0.25) is 0 Å². The number of pyridine rings is 1. The van der Waals surface area contributed by atoms with E-state index in [1.807, 2.05) is 54.7 Å². The summed E-state index contributed by atoms with van der Waals surface area (Å²) in [4.78, 5) is 11.9. The van der Waals surface area contributed by atoms with Gasteiger partial charge in [-0.25, -0.2) is 0 Å². The van der Waals surface area contributed by atoms with Crippen molar-refractivity contribution in [1.82, 2.24) is 14.9 Å². The van der Waals surface area contributed by atoms with Gasteiger partial charge in [-0.1, -0.05) is 53.4 Å². The van der Waals surface area contributed by atoms with Crippen molar-refractivity contribution in [1.29, 1.82) is 0 Å². The number of para-hydroxylation sites is 1. The van der Waals surface area contributed by atoms with Gasteiger partial charge in [0.15, 0.2) is 0 Å². The Morgan fingerprint density at radius 3 is 2.64 bits per heavy atom. The Morgan fingerprint density at radius 2 is 1.77 bits per heavy atom. The number of hydrogen-bond acceptors (Lipinski definition) is 3. The van der Waals surface area contributed by atoms with Crippen molar-refractivity contribution in [2.75, 3.05) is 0 Å². The van der Waals surface area contributed by atoms with E-state index in [1.54, 1.807) is 4.85 Å². The van der Waals surface area contributed by atoms with Crippen LogP contribution >= 0.6 is 22.6 Å². The Labute approximate surface area is 140 Å². The molecule has 5 heteroatoms. The third kappa shape index (κ3) is 2.31. The fraction of sp³-hybridized carbons (Fsp3) is 0.0588. The number of hydrogen-bond donors (Lipinski definition) is 0. The highest BCUT2D eigenvalue weighted by atomic mass is 127. The van der Waals surface area contributed by atoms with E-state index >= 15 is 0 Å². The molecule has 0 radical (unpaired) electrons. The second-order valence-corrected chi connectivity index (χ2v) is 5.98. The molecule has 108 valence electrons. The molecule has 0 fully saturated rings. The molecular formula is C17H12IN3O. The Kier molecular flexibility index (Phi) is 3.42. The maximum atomic E-state index is 5.84. The van der Waals surface area contributed by atoms with E-state index in [2.05, 4.69) is 38.7 Å². The van der Waals surface area contributed by atoms with Gasteiger partial charge in [-0.2, -0.15) is 0 Å². The molecule has 2 heterocycles. The van der Waals surface area contributed by atoms with E-state index in [0.29, 0.717) is 6.61 Å². The molecule has 0 atom stereocenters. The quantitative estimate of drug-likeness (QED) is 0.490. The van der Waals surface area contributed by atoms with Gasteiger partial charge in [0.1, 0.15) is 15.8 Å². The summed E-state index contributed by atoms with van der Waals surface area (Å²) in [5, 5.41) is 6.67. The van der Waals surface area contributed by atoms with Crippen LogP contribution < -0.4 is 4.84 Å². The molecule has 2 aromatic carbocycles. The molecule has 0 bridgehead atoms. The Balaban J connectivity index is 1.77. The molecule has 0 saturated carbocycles. The summed E-state index contributed by atoms with van der Waals surface area (Å²) < 4.78 is 0.916. The summed E-state index contributed by atoms with van der Waals surface area (Å²) in [6.07, 6.45) is 1.82. The molecule has 0 aliphatic heterocycles. The Bertz CT molecular complexity index is 950. The summed E-state index contributed by atoms with van der Waals surface area (Å²) in [7, 11) is 0. The molecular weight excluding hydrogens is 389 g/mol. The van der Waals surface area contributed by atoms with Crippen LogP contribution in [0, 0.1) is 3.70 Å². The Hall–Kier alpha value is -2.15. The predicted molar refractivity (Wildman–Crippen MR) is 94.5 cm³/mol. The molecule has 4 aromatic rings. The topological polar surface area (TPSA) is 39.9 Å². The third-order valence-electron chi connectivity index (χ3n) is 3.54. The number of nitrogens with zero attached hydrogens (tertiary/aromatic N) is 3. The average Bonchev–Trinajstić information content (AvgIpc) is 2.90. The first-order valence-corrected chi connectivity index (χ1v) is 8.00. The fourth-order valence-corrected chi connectivity index (χ4v) is 3.25. The number of aromatic nitrogens is 3. The van der Waals surface area contributed by atoms with E-state index in [4.69, 9.17) is 4.84 Å². The second kappa shape index (κ2) is 5.57. The highest BCUT2D eigenvalue weighted by molar-refractivity contribution is 14.1. The van der Waals surface area contributed by atoms with E-state index in [-0.39, 0.29) is 0 Å². The van der Waals surface area contributed by atoms with Crippen LogP contribution in [-0.4, -0.2) is 14.9 Å². The maximum Gasteiger partial charge on any atom is 0.142 e. The van der Waals surface area contributed by atoms with Crippen molar-refractivity contribution in [3.05, 3.63) is 70.1 Å². The van der Waals surface area contributed by atoms with E-state index in [1.165, 1.54) is 0 Å². The SMILES string of the molecule is Ic1nn(OCc2ccccc2)c2cnc3ccccc3c12. The van der Waals surface area contributed by atoms with Gasteiger partial charge in [-0.15, -0.1) is 5.10 Å². The van der Waals surface area contributed by atoms with Crippen LogP contribution in [0.1, 0.15) is 5.56 Å². The number of fused-ring (bicyclic) bond motifs is 3. The molecule has 4 nitrogen and oxygen atoms in total. The molecule has 2 aromatic heterocycles. The number of benzene rings is 2. The molecule has 0 saturated heterocycles. The van der Waals surface area contributed by atoms with Gasteiger partial charge in [-0.05, 0) is 34.2 Å². The molecule has 0 aliphatic rings. The van der Waals surface area contributed by atoms with Crippen LogP contribution in [0.5, 0.6) is 0 Å². The van der Waals surface area contributed by atoms with Gasteiger partial charge < -0.3 is 4.84 Å². The van der Waals surface area contributed by atoms with Crippen molar-refractivity contribution in [2.24, 2.45) is 0 Å². The van der Waals surface area contributed by atoms with Crippen LogP contribution in [0.15, 0.2) is 60.8 Å². The van der Waals surface area contributed by atoms with Crippen molar-refractivity contribution >= 4 is 44.4 Å². The minimum atomic E-state index is 0.473. The lowest BCUT2D eigenvalue weighted by molar-refractivity contribution is 0.0786. The smallest absolute Gasteiger partial charge is 0.142 e. The third-order valence-corrected chi connectivity index (χ3v) is 4.30. The van der Waals surface area contributed by atoms with Crippen LogP contribution in [0.3, 0.4) is 0 Å². The first-order chi connectivity index (χ1) is 10.8. The second-order valence-electron chi connectivity index (χ2n) is 4.96. The first kappa shape index (κ1) is 13.5. The van der Waals surface area contributed by atoms with Crippen molar-refractivity contribution in [3.8, 4) is 0 Å². The van der Waals surface area contributed by atoms with E-state index in [9.17, 15) is 0 Å². The maximum absolute atomic E-state index is 5.84. The fourth-order valence-electron chi connectivity index (χ4n) is 2.48.